The zero-order valence-corrected chi connectivity index (χ0v) is 15.8. The number of nitrogens with zero attached hydrogens (tertiary/aromatic N) is 4. The number of urea groups is 1. The Morgan fingerprint density at radius 2 is 1.85 bits per heavy atom. The lowest BCUT2D eigenvalue weighted by atomic mass is 9.86. The first-order valence-electron chi connectivity index (χ1n) is 9.33. The minimum absolute atomic E-state index is 0.0446. The average Bonchev–Trinajstić information content (AvgIpc) is 3.17. The van der Waals surface area contributed by atoms with Gasteiger partial charge < -0.3 is 20.2 Å². The van der Waals surface area contributed by atoms with Crippen LogP contribution in [0.2, 0.25) is 0 Å². The van der Waals surface area contributed by atoms with Gasteiger partial charge in [0.2, 0.25) is 0 Å². The summed E-state index contributed by atoms with van der Waals surface area (Å²) in [6, 6.07) is 2.08. The first-order chi connectivity index (χ1) is 13.1. The van der Waals surface area contributed by atoms with Crippen LogP contribution in [0.15, 0.2) is 17.8 Å². The molecule has 4 rings (SSSR count). The summed E-state index contributed by atoms with van der Waals surface area (Å²) >= 11 is 1.60. The molecule has 2 aromatic heterocycles. The molecule has 9 heteroatoms. The summed E-state index contributed by atoms with van der Waals surface area (Å²) in [6.07, 6.45) is 4.34. The SMILES string of the molecule is O=C(O)C1CCC(NC(=O)N2CCN(c3ncnc4sccc34)CC2)CC1. The third-order valence-corrected chi connectivity index (χ3v) is 6.33. The van der Waals surface area contributed by atoms with E-state index in [1.54, 1.807) is 17.7 Å². The molecule has 8 nitrogen and oxygen atoms in total. The van der Waals surface area contributed by atoms with Gasteiger partial charge in [-0.2, -0.15) is 0 Å². The number of carboxylic acids is 1. The summed E-state index contributed by atoms with van der Waals surface area (Å²) in [7, 11) is 0. The summed E-state index contributed by atoms with van der Waals surface area (Å²) in [4.78, 5) is 37.3. The second-order valence-corrected chi connectivity index (χ2v) is 8.04. The van der Waals surface area contributed by atoms with Crippen LogP contribution in [0.5, 0.6) is 0 Å². The van der Waals surface area contributed by atoms with Crippen molar-refractivity contribution in [3.63, 3.8) is 0 Å². The largest absolute Gasteiger partial charge is 0.481 e. The Morgan fingerprint density at radius 3 is 2.56 bits per heavy atom. The van der Waals surface area contributed by atoms with E-state index in [1.165, 1.54) is 0 Å². The van der Waals surface area contributed by atoms with Gasteiger partial charge in [-0.1, -0.05) is 0 Å². The number of thiophene rings is 1. The number of aliphatic carboxylic acids is 1. The number of hydrogen-bond donors (Lipinski definition) is 2. The molecule has 1 saturated heterocycles. The average molecular weight is 389 g/mol. The highest BCUT2D eigenvalue weighted by Crippen LogP contribution is 2.28. The molecule has 2 aliphatic rings. The Hall–Kier alpha value is -2.42. The highest BCUT2D eigenvalue weighted by molar-refractivity contribution is 7.16. The van der Waals surface area contributed by atoms with Gasteiger partial charge in [-0.15, -0.1) is 11.3 Å². The molecule has 0 spiro atoms. The number of hydrogen-bond acceptors (Lipinski definition) is 6. The summed E-state index contributed by atoms with van der Waals surface area (Å²) in [5.74, 6) is -0.0443. The van der Waals surface area contributed by atoms with Gasteiger partial charge in [0.1, 0.15) is 17.0 Å². The van der Waals surface area contributed by atoms with Crippen molar-refractivity contribution in [1.29, 1.82) is 0 Å². The normalized spacial score (nSPS) is 23.4. The summed E-state index contributed by atoms with van der Waals surface area (Å²) in [6.45, 7) is 2.76. The lowest BCUT2D eigenvalue weighted by Crippen LogP contribution is -2.54. The molecule has 2 N–H and O–H groups in total. The standard InChI is InChI=1S/C18H23N5O3S/c24-17(25)12-1-3-13(4-2-12)21-18(26)23-8-6-22(7-9-23)15-14-5-10-27-16(14)20-11-19-15/h5,10-13H,1-4,6-9H2,(H,21,26)(H,24,25). The summed E-state index contributed by atoms with van der Waals surface area (Å²) in [5, 5.41) is 15.2. The molecule has 1 aliphatic heterocycles. The second kappa shape index (κ2) is 7.67. The Morgan fingerprint density at radius 1 is 1.11 bits per heavy atom. The fraction of sp³-hybridized carbons (Fsp3) is 0.556. The van der Waals surface area contributed by atoms with Gasteiger partial charge >= 0.3 is 12.0 Å². The van der Waals surface area contributed by atoms with E-state index in [9.17, 15) is 9.59 Å². The molecule has 0 radical (unpaired) electrons. The molecule has 2 amide bonds. The minimum atomic E-state index is -0.722. The number of carbonyl (C=O) groups excluding carboxylic acids is 1. The third kappa shape index (κ3) is 3.83. The zero-order valence-electron chi connectivity index (χ0n) is 15.0. The van der Waals surface area contributed by atoms with Crippen molar-refractivity contribution >= 4 is 39.4 Å². The van der Waals surface area contributed by atoms with Gasteiger partial charge in [-0.05, 0) is 37.1 Å². The Bertz CT molecular complexity index is 825. The molecule has 0 aromatic carbocycles. The maximum absolute atomic E-state index is 12.6. The number of anilines is 1. The lowest BCUT2D eigenvalue weighted by Gasteiger charge is -2.37. The van der Waals surface area contributed by atoms with E-state index < -0.39 is 5.97 Å². The van der Waals surface area contributed by atoms with Crippen molar-refractivity contribution in [1.82, 2.24) is 20.2 Å². The minimum Gasteiger partial charge on any atom is -0.481 e. The van der Waals surface area contributed by atoms with E-state index in [2.05, 4.69) is 20.2 Å². The van der Waals surface area contributed by atoms with Gasteiger partial charge in [0, 0.05) is 32.2 Å². The number of rotatable bonds is 3. The van der Waals surface area contributed by atoms with Crippen LogP contribution in [-0.4, -0.2) is 64.2 Å². The summed E-state index contributed by atoms with van der Waals surface area (Å²) in [5.41, 5.74) is 0. The maximum Gasteiger partial charge on any atom is 0.317 e. The molecule has 0 unspecified atom stereocenters. The quantitative estimate of drug-likeness (QED) is 0.835. The molecule has 144 valence electrons. The maximum atomic E-state index is 12.6. The molecule has 0 bridgehead atoms. The topological polar surface area (TPSA) is 98.7 Å². The van der Waals surface area contributed by atoms with Gasteiger partial charge in [0.15, 0.2) is 0 Å². The van der Waals surface area contributed by atoms with Gasteiger partial charge in [0.25, 0.3) is 0 Å². The molecule has 3 heterocycles. The highest BCUT2D eigenvalue weighted by atomic mass is 32.1. The second-order valence-electron chi connectivity index (χ2n) is 7.15. The van der Waals surface area contributed by atoms with Gasteiger partial charge in [-0.25, -0.2) is 14.8 Å². The van der Waals surface area contributed by atoms with Crippen LogP contribution < -0.4 is 10.2 Å². The van der Waals surface area contributed by atoms with Crippen LogP contribution in [0.1, 0.15) is 25.7 Å². The number of fused-ring (bicyclic) bond motifs is 1. The van der Waals surface area contributed by atoms with Crippen molar-refractivity contribution in [3.8, 4) is 0 Å². The predicted molar refractivity (Wildman–Crippen MR) is 103 cm³/mol. The monoisotopic (exact) mass is 389 g/mol. The Balaban J connectivity index is 1.30. The van der Waals surface area contributed by atoms with Crippen LogP contribution >= 0.6 is 11.3 Å². The number of aromatic nitrogens is 2. The number of carbonyl (C=O) groups is 2. The predicted octanol–water partition coefficient (Wildman–Crippen LogP) is 2.17. The van der Waals surface area contributed by atoms with Crippen molar-refractivity contribution in [2.24, 2.45) is 5.92 Å². The van der Waals surface area contributed by atoms with Crippen LogP contribution in [0.4, 0.5) is 10.6 Å². The Kier molecular flexibility index (Phi) is 5.11. The van der Waals surface area contributed by atoms with Crippen LogP contribution in [0.25, 0.3) is 10.2 Å². The van der Waals surface area contributed by atoms with E-state index in [0.29, 0.717) is 25.9 Å². The van der Waals surface area contributed by atoms with E-state index >= 15 is 0 Å². The van der Waals surface area contributed by atoms with Gasteiger partial charge in [0.05, 0.1) is 11.3 Å². The number of piperazine rings is 1. The molecular formula is C18H23N5O3S. The Labute approximate surface area is 161 Å². The molecule has 1 aliphatic carbocycles. The van der Waals surface area contributed by atoms with Crippen LogP contribution in [0.3, 0.4) is 0 Å². The molecule has 0 atom stereocenters. The van der Waals surface area contributed by atoms with E-state index in [1.807, 2.05) is 16.3 Å². The molecular weight excluding hydrogens is 366 g/mol. The van der Waals surface area contributed by atoms with E-state index in [4.69, 9.17) is 5.11 Å². The smallest absolute Gasteiger partial charge is 0.317 e. The lowest BCUT2D eigenvalue weighted by molar-refractivity contribution is -0.142. The number of nitrogens with one attached hydrogen (secondary N) is 1. The number of carboxylic acid groups (broad SMARTS) is 1. The fourth-order valence-electron chi connectivity index (χ4n) is 3.90. The molecule has 27 heavy (non-hydrogen) atoms. The van der Waals surface area contributed by atoms with Gasteiger partial charge in [-0.3, -0.25) is 4.79 Å². The first kappa shape index (κ1) is 18.0. The molecule has 2 aromatic rings. The van der Waals surface area contributed by atoms with Crippen molar-refractivity contribution in [2.75, 3.05) is 31.1 Å². The van der Waals surface area contributed by atoms with Crippen molar-refractivity contribution in [3.05, 3.63) is 17.8 Å². The molecule has 1 saturated carbocycles. The first-order valence-corrected chi connectivity index (χ1v) is 10.2. The molecule has 2 fully saturated rings. The van der Waals surface area contributed by atoms with E-state index in [0.717, 1.165) is 42.0 Å². The van der Waals surface area contributed by atoms with E-state index in [-0.39, 0.29) is 18.0 Å². The van der Waals surface area contributed by atoms with Crippen molar-refractivity contribution < 1.29 is 14.7 Å². The fourth-order valence-corrected chi connectivity index (χ4v) is 4.63. The van der Waals surface area contributed by atoms with Crippen molar-refractivity contribution in [2.45, 2.75) is 31.7 Å². The van der Waals surface area contributed by atoms with Crippen LogP contribution in [-0.2, 0) is 4.79 Å². The number of amides is 2. The zero-order chi connectivity index (χ0) is 18.8. The summed E-state index contributed by atoms with van der Waals surface area (Å²) < 4.78 is 0. The van der Waals surface area contributed by atoms with Crippen LogP contribution in [0, 0.1) is 5.92 Å². The third-order valence-electron chi connectivity index (χ3n) is 5.51. The highest BCUT2D eigenvalue weighted by Gasteiger charge is 2.29.